The molecule has 0 aromatic heterocycles. The summed E-state index contributed by atoms with van der Waals surface area (Å²) in [5.41, 5.74) is 0. The van der Waals surface area contributed by atoms with Crippen LogP contribution in [0.25, 0.3) is 0 Å². The van der Waals surface area contributed by atoms with E-state index in [1.807, 2.05) is 14.1 Å². The van der Waals surface area contributed by atoms with E-state index in [1.54, 1.807) is 4.90 Å². The SMILES string of the molecule is CN(C)C(O[Si](C)(C)C)C(Cl)(Cl)Cl. The minimum Gasteiger partial charge on any atom is -0.399 e. The van der Waals surface area contributed by atoms with E-state index in [2.05, 4.69) is 19.6 Å². The number of hydrogen-bond acceptors (Lipinski definition) is 2. The molecule has 80 valence electrons. The Labute approximate surface area is 96.2 Å². The molecule has 0 saturated carbocycles. The molecule has 6 heteroatoms. The third-order valence-electron chi connectivity index (χ3n) is 1.21. The fourth-order valence-electron chi connectivity index (χ4n) is 0.800. The Kier molecular flexibility index (Phi) is 5.05. The maximum absolute atomic E-state index is 5.79. The van der Waals surface area contributed by atoms with Crippen molar-refractivity contribution in [1.29, 1.82) is 0 Å². The van der Waals surface area contributed by atoms with E-state index in [4.69, 9.17) is 39.2 Å². The highest BCUT2D eigenvalue weighted by Gasteiger charge is 2.38. The third-order valence-corrected chi connectivity index (χ3v) is 2.70. The van der Waals surface area contributed by atoms with Crippen LogP contribution in [0.5, 0.6) is 0 Å². The molecule has 1 unspecified atom stereocenters. The van der Waals surface area contributed by atoms with Crippen molar-refractivity contribution in [3.8, 4) is 0 Å². The molecule has 0 aliphatic heterocycles. The summed E-state index contributed by atoms with van der Waals surface area (Å²) < 4.78 is 4.33. The summed E-state index contributed by atoms with van der Waals surface area (Å²) in [6.07, 6.45) is -0.482. The molecule has 0 rings (SSSR count). The van der Waals surface area contributed by atoms with Crippen LogP contribution in [0.3, 0.4) is 0 Å². The van der Waals surface area contributed by atoms with Crippen LogP contribution < -0.4 is 0 Å². The van der Waals surface area contributed by atoms with Crippen LogP contribution in [0.1, 0.15) is 0 Å². The van der Waals surface area contributed by atoms with Crippen LogP contribution in [0.15, 0.2) is 0 Å². The molecule has 0 saturated heterocycles. The molecule has 0 aliphatic carbocycles. The van der Waals surface area contributed by atoms with E-state index in [0.29, 0.717) is 0 Å². The minimum atomic E-state index is -1.69. The third kappa shape index (κ3) is 6.15. The summed E-state index contributed by atoms with van der Waals surface area (Å²) in [5, 5.41) is 0. The highest BCUT2D eigenvalue weighted by Crippen LogP contribution is 2.34. The highest BCUT2D eigenvalue weighted by atomic mass is 35.6. The molecule has 0 spiro atoms. The zero-order valence-corrected chi connectivity index (χ0v) is 11.8. The molecule has 1 atom stereocenters. The van der Waals surface area contributed by atoms with Crippen molar-refractivity contribution in [3.05, 3.63) is 0 Å². The Morgan fingerprint density at radius 2 is 1.54 bits per heavy atom. The van der Waals surface area contributed by atoms with Crippen molar-refractivity contribution in [2.24, 2.45) is 0 Å². The lowest BCUT2D eigenvalue weighted by atomic mass is 10.6. The van der Waals surface area contributed by atoms with Crippen molar-refractivity contribution < 1.29 is 4.43 Å². The Morgan fingerprint density at radius 1 is 1.15 bits per heavy atom. The van der Waals surface area contributed by atoms with Gasteiger partial charge in [0.25, 0.3) is 0 Å². The Morgan fingerprint density at radius 3 is 1.62 bits per heavy atom. The number of nitrogens with zero attached hydrogens (tertiary/aromatic N) is 1. The van der Waals surface area contributed by atoms with Crippen molar-refractivity contribution >= 4 is 43.1 Å². The maximum Gasteiger partial charge on any atom is 0.228 e. The zero-order valence-electron chi connectivity index (χ0n) is 8.57. The number of hydrogen-bond donors (Lipinski definition) is 0. The largest absolute Gasteiger partial charge is 0.399 e. The average molecular weight is 265 g/mol. The van der Waals surface area contributed by atoms with Crippen LogP contribution in [0.2, 0.25) is 19.6 Å². The second kappa shape index (κ2) is 4.68. The fraction of sp³-hybridized carbons (Fsp3) is 1.00. The first-order valence-corrected chi connectivity index (χ1v) is 8.49. The number of halogens is 3. The predicted molar refractivity (Wildman–Crippen MR) is 62.2 cm³/mol. The summed E-state index contributed by atoms with van der Waals surface area (Å²) in [6, 6.07) is 0. The maximum atomic E-state index is 5.79. The molecule has 0 fully saturated rings. The lowest BCUT2D eigenvalue weighted by Crippen LogP contribution is -2.47. The van der Waals surface area contributed by atoms with E-state index in [-0.39, 0.29) is 0 Å². The van der Waals surface area contributed by atoms with Gasteiger partial charge in [0.15, 0.2) is 8.32 Å². The van der Waals surface area contributed by atoms with Crippen LogP contribution in [-0.4, -0.2) is 37.3 Å². The van der Waals surface area contributed by atoms with Gasteiger partial charge in [-0.05, 0) is 33.7 Å². The molecule has 0 aromatic rings. The Hall–Kier alpha value is 1.01. The molecule has 0 aromatic carbocycles. The summed E-state index contributed by atoms with van der Waals surface area (Å²) >= 11 is 17.4. The lowest BCUT2D eigenvalue weighted by Gasteiger charge is -2.35. The second-order valence-corrected chi connectivity index (χ2v) is 10.9. The van der Waals surface area contributed by atoms with Gasteiger partial charge in [0, 0.05) is 0 Å². The van der Waals surface area contributed by atoms with Gasteiger partial charge in [-0.1, -0.05) is 34.8 Å². The molecule has 0 radical (unpaired) electrons. The van der Waals surface area contributed by atoms with Crippen LogP contribution >= 0.6 is 34.8 Å². The molecule has 13 heavy (non-hydrogen) atoms. The van der Waals surface area contributed by atoms with Crippen molar-refractivity contribution in [3.63, 3.8) is 0 Å². The molecular formula is C7H16Cl3NOSi. The minimum absolute atomic E-state index is 0.482. The van der Waals surface area contributed by atoms with Gasteiger partial charge in [0.2, 0.25) is 3.79 Å². The molecular weight excluding hydrogens is 249 g/mol. The summed E-state index contributed by atoms with van der Waals surface area (Å²) in [4.78, 5) is 1.77. The van der Waals surface area contributed by atoms with Gasteiger partial charge in [-0.3, -0.25) is 4.90 Å². The molecule has 2 nitrogen and oxygen atoms in total. The van der Waals surface area contributed by atoms with E-state index in [0.717, 1.165) is 0 Å². The highest BCUT2D eigenvalue weighted by molar-refractivity contribution is 6.71. The van der Waals surface area contributed by atoms with E-state index >= 15 is 0 Å². The van der Waals surface area contributed by atoms with Crippen LogP contribution in [0, 0.1) is 0 Å². The summed E-state index contributed by atoms with van der Waals surface area (Å²) in [7, 11) is 1.96. The quantitative estimate of drug-likeness (QED) is 0.441. The second-order valence-electron chi connectivity index (χ2n) is 4.09. The van der Waals surface area contributed by atoms with Gasteiger partial charge in [0.05, 0.1) is 0 Å². The standard InChI is InChI=1S/C7H16Cl3NOSi/c1-11(2)6(7(8,9)10)12-13(3,4)5/h6H,1-5H3. The van der Waals surface area contributed by atoms with Gasteiger partial charge < -0.3 is 4.43 Å². The normalized spacial score (nSPS) is 16.4. The Bertz CT molecular complexity index is 164. The topological polar surface area (TPSA) is 12.5 Å². The number of rotatable bonds is 3. The summed E-state index contributed by atoms with van der Waals surface area (Å²) in [5.74, 6) is 0. The molecule has 0 aliphatic rings. The van der Waals surface area contributed by atoms with Crippen molar-refractivity contribution in [1.82, 2.24) is 4.90 Å². The van der Waals surface area contributed by atoms with Crippen molar-refractivity contribution in [2.75, 3.05) is 14.1 Å². The first kappa shape index (κ1) is 14.0. The van der Waals surface area contributed by atoms with Gasteiger partial charge in [0.1, 0.15) is 6.23 Å². The van der Waals surface area contributed by atoms with Gasteiger partial charge in [-0.15, -0.1) is 0 Å². The average Bonchev–Trinajstić information content (AvgIpc) is 1.77. The van der Waals surface area contributed by atoms with E-state index in [1.165, 1.54) is 0 Å². The van der Waals surface area contributed by atoms with Crippen molar-refractivity contribution in [2.45, 2.75) is 29.7 Å². The van der Waals surface area contributed by atoms with Crippen LogP contribution in [-0.2, 0) is 4.43 Å². The summed E-state index contributed by atoms with van der Waals surface area (Å²) in [6.45, 7) is 6.17. The number of alkyl halides is 3. The Balaban J connectivity index is 4.47. The van der Waals surface area contributed by atoms with E-state index < -0.39 is 18.3 Å². The first-order valence-electron chi connectivity index (χ1n) is 3.95. The smallest absolute Gasteiger partial charge is 0.228 e. The van der Waals surface area contributed by atoms with E-state index in [9.17, 15) is 0 Å². The fourth-order valence-corrected chi connectivity index (χ4v) is 2.80. The molecule has 0 bridgehead atoms. The zero-order chi connectivity index (χ0) is 10.9. The lowest BCUT2D eigenvalue weighted by molar-refractivity contribution is 0.0611. The van der Waals surface area contributed by atoms with Gasteiger partial charge >= 0.3 is 0 Å². The van der Waals surface area contributed by atoms with Gasteiger partial charge in [-0.25, -0.2) is 0 Å². The van der Waals surface area contributed by atoms with Crippen LogP contribution in [0.4, 0.5) is 0 Å². The monoisotopic (exact) mass is 263 g/mol. The van der Waals surface area contributed by atoms with Gasteiger partial charge in [-0.2, -0.15) is 0 Å². The predicted octanol–water partition coefficient (Wildman–Crippen LogP) is 3.10. The first-order chi connectivity index (χ1) is 5.54. The molecule has 0 amide bonds. The molecule has 0 heterocycles. The molecule has 0 N–H and O–H groups in total.